The summed E-state index contributed by atoms with van der Waals surface area (Å²) < 4.78 is 0. The second-order valence-corrected chi connectivity index (χ2v) is 5.63. The molecule has 0 aliphatic heterocycles. The number of nitrogens with one attached hydrogen (secondary N) is 1. The summed E-state index contributed by atoms with van der Waals surface area (Å²) in [5, 5.41) is 3.62. The monoisotopic (exact) mass is 251 g/mol. The van der Waals surface area contributed by atoms with E-state index in [9.17, 15) is 0 Å². The summed E-state index contributed by atoms with van der Waals surface area (Å²) in [6.45, 7) is 5.34. The summed E-state index contributed by atoms with van der Waals surface area (Å²) in [4.78, 5) is 0. The number of benzene rings is 2. The summed E-state index contributed by atoms with van der Waals surface area (Å²) in [7, 11) is 0. The van der Waals surface area contributed by atoms with Crippen LogP contribution in [0.15, 0.2) is 42.5 Å². The molecule has 1 aliphatic rings. The molecule has 0 bridgehead atoms. The van der Waals surface area contributed by atoms with Crippen LogP contribution in [0.25, 0.3) is 11.1 Å². The molecule has 0 unspecified atom stereocenters. The Bertz CT molecular complexity index is 582. The number of rotatable bonds is 4. The maximum absolute atomic E-state index is 3.62. The van der Waals surface area contributed by atoms with Gasteiger partial charge in [-0.1, -0.05) is 48.0 Å². The van der Waals surface area contributed by atoms with Crippen LogP contribution >= 0.6 is 0 Å². The van der Waals surface area contributed by atoms with Crippen molar-refractivity contribution in [3.63, 3.8) is 0 Å². The lowest BCUT2D eigenvalue weighted by molar-refractivity contribution is 0.688. The first kappa shape index (κ1) is 12.4. The maximum Gasteiger partial charge on any atom is 0.0214 e. The van der Waals surface area contributed by atoms with Crippen molar-refractivity contribution in [2.75, 3.05) is 0 Å². The lowest BCUT2D eigenvalue weighted by atomic mass is 9.94. The molecule has 1 N–H and O–H groups in total. The molecule has 0 spiro atoms. The van der Waals surface area contributed by atoms with Gasteiger partial charge in [-0.05, 0) is 48.9 Å². The fourth-order valence-corrected chi connectivity index (χ4v) is 2.51. The molecule has 1 aliphatic carbocycles. The van der Waals surface area contributed by atoms with Gasteiger partial charge >= 0.3 is 0 Å². The van der Waals surface area contributed by atoms with Gasteiger partial charge in [-0.25, -0.2) is 0 Å². The molecule has 0 atom stereocenters. The van der Waals surface area contributed by atoms with Gasteiger partial charge in [-0.15, -0.1) is 0 Å². The van der Waals surface area contributed by atoms with Crippen molar-refractivity contribution in [3.8, 4) is 11.1 Å². The molecule has 0 heterocycles. The van der Waals surface area contributed by atoms with Crippen LogP contribution in [-0.4, -0.2) is 6.04 Å². The molecule has 1 fully saturated rings. The molecule has 3 rings (SSSR count). The van der Waals surface area contributed by atoms with Crippen LogP contribution in [0.5, 0.6) is 0 Å². The van der Waals surface area contributed by atoms with Crippen LogP contribution in [0.3, 0.4) is 0 Å². The predicted molar refractivity (Wildman–Crippen MR) is 81.2 cm³/mol. The molecule has 1 nitrogen and oxygen atoms in total. The summed E-state index contributed by atoms with van der Waals surface area (Å²) in [5.41, 5.74) is 6.83. The van der Waals surface area contributed by atoms with E-state index in [2.05, 4.69) is 61.6 Å². The normalized spacial score (nSPS) is 14.6. The first-order valence-electron chi connectivity index (χ1n) is 7.13. The highest BCUT2D eigenvalue weighted by Gasteiger charge is 2.20. The van der Waals surface area contributed by atoms with Crippen molar-refractivity contribution >= 4 is 0 Å². The lowest BCUT2D eigenvalue weighted by Gasteiger charge is -2.13. The van der Waals surface area contributed by atoms with Crippen LogP contribution in [0, 0.1) is 13.8 Å². The average molecular weight is 251 g/mol. The fraction of sp³-hybridized carbons (Fsp3) is 0.333. The third kappa shape index (κ3) is 2.87. The van der Waals surface area contributed by atoms with Crippen molar-refractivity contribution in [1.29, 1.82) is 0 Å². The third-order valence-corrected chi connectivity index (χ3v) is 3.86. The summed E-state index contributed by atoms with van der Waals surface area (Å²) >= 11 is 0. The third-order valence-electron chi connectivity index (χ3n) is 3.86. The molecule has 0 radical (unpaired) electrons. The Balaban J connectivity index is 1.97. The molecule has 0 saturated heterocycles. The van der Waals surface area contributed by atoms with Gasteiger partial charge in [-0.3, -0.25) is 0 Å². The Hall–Kier alpha value is -1.60. The van der Waals surface area contributed by atoms with Crippen LogP contribution < -0.4 is 5.32 Å². The van der Waals surface area contributed by atoms with Gasteiger partial charge in [0.15, 0.2) is 0 Å². The number of hydrogen-bond acceptors (Lipinski definition) is 1. The summed E-state index contributed by atoms with van der Waals surface area (Å²) in [6.07, 6.45) is 2.68. The van der Waals surface area contributed by atoms with Gasteiger partial charge in [0, 0.05) is 12.6 Å². The summed E-state index contributed by atoms with van der Waals surface area (Å²) in [5.74, 6) is 0. The molecule has 98 valence electrons. The molecule has 1 heteroatoms. The SMILES string of the molecule is Cc1ccc(CNC2CC2)c(-c2ccccc2C)c1. The average Bonchev–Trinajstić information content (AvgIpc) is 3.22. The van der Waals surface area contributed by atoms with Gasteiger partial charge in [0.05, 0.1) is 0 Å². The van der Waals surface area contributed by atoms with E-state index >= 15 is 0 Å². The van der Waals surface area contributed by atoms with Crippen molar-refractivity contribution in [3.05, 3.63) is 59.2 Å². The van der Waals surface area contributed by atoms with Gasteiger partial charge in [0.25, 0.3) is 0 Å². The molecule has 19 heavy (non-hydrogen) atoms. The molecule has 2 aromatic rings. The van der Waals surface area contributed by atoms with Crippen molar-refractivity contribution in [2.45, 2.75) is 39.3 Å². The smallest absolute Gasteiger partial charge is 0.0214 e. The summed E-state index contributed by atoms with van der Waals surface area (Å²) in [6, 6.07) is 16.2. The zero-order valence-electron chi connectivity index (χ0n) is 11.7. The Labute approximate surface area is 115 Å². The zero-order valence-corrected chi connectivity index (χ0v) is 11.7. The van der Waals surface area contributed by atoms with Crippen LogP contribution in [0.2, 0.25) is 0 Å². The standard InChI is InChI=1S/C18H21N/c1-13-7-8-15(12-19-16-9-10-16)18(11-13)17-6-4-3-5-14(17)2/h3-8,11,16,19H,9-10,12H2,1-2H3. The van der Waals surface area contributed by atoms with Gasteiger partial charge in [-0.2, -0.15) is 0 Å². The van der Waals surface area contributed by atoms with E-state index in [0.717, 1.165) is 12.6 Å². The van der Waals surface area contributed by atoms with Gasteiger partial charge in [0.1, 0.15) is 0 Å². The van der Waals surface area contributed by atoms with E-state index in [1.165, 1.54) is 40.7 Å². The Morgan fingerprint density at radius 1 is 1.00 bits per heavy atom. The highest BCUT2D eigenvalue weighted by atomic mass is 14.9. The van der Waals surface area contributed by atoms with E-state index in [1.807, 2.05) is 0 Å². The van der Waals surface area contributed by atoms with E-state index in [0.29, 0.717) is 0 Å². The minimum Gasteiger partial charge on any atom is -0.310 e. The van der Waals surface area contributed by atoms with Gasteiger partial charge in [0.2, 0.25) is 0 Å². The van der Waals surface area contributed by atoms with E-state index in [1.54, 1.807) is 0 Å². The number of aryl methyl sites for hydroxylation is 2. The largest absolute Gasteiger partial charge is 0.310 e. The maximum atomic E-state index is 3.62. The van der Waals surface area contributed by atoms with E-state index in [4.69, 9.17) is 0 Å². The molecular weight excluding hydrogens is 230 g/mol. The van der Waals surface area contributed by atoms with E-state index < -0.39 is 0 Å². The Morgan fingerprint density at radius 3 is 2.53 bits per heavy atom. The Kier molecular flexibility index (Phi) is 3.39. The molecular formula is C18H21N. The second-order valence-electron chi connectivity index (χ2n) is 5.63. The minimum absolute atomic E-state index is 0.756. The quantitative estimate of drug-likeness (QED) is 0.857. The van der Waals surface area contributed by atoms with Crippen LogP contribution in [0.4, 0.5) is 0 Å². The second kappa shape index (κ2) is 5.18. The highest BCUT2D eigenvalue weighted by molar-refractivity contribution is 5.71. The number of hydrogen-bond donors (Lipinski definition) is 1. The molecule has 1 saturated carbocycles. The molecule has 0 aromatic heterocycles. The predicted octanol–water partition coefficient (Wildman–Crippen LogP) is 4.22. The molecule has 0 amide bonds. The van der Waals surface area contributed by atoms with Gasteiger partial charge < -0.3 is 5.32 Å². The van der Waals surface area contributed by atoms with E-state index in [-0.39, 0.29) is 0 Å². The Morgan fingerprint density at radius 2 is 1.79 bits per heavy atom. The minimum atomic E-state index is 0.756. The molecule has 2 aromatic carbocycles. The van der Waals surface area contributed by atoms with Crippen molar-refractivity contribution in [2.24, 2.45) is 0 Å². The highest BCUT2D eigenvalue weighted by Crippen LogP contribution is 2.28. The zero-order chi connectivity index (χ0) is 13.2. The topological polar surface area (TPSA) is 12.0 Å². The van der Waals surface area contributed by atoms with Crippen molar-refractivity contribution in [1.82, 2.24) is 5.32 Å². The van der Waals surface area contributed by atoms with Crippen molar-refractivity contribution < 1.29 is 0 Å². The van der Waals surface area contributed by atoms with Crippen LogP contribution in [0.1, 0.15) is 29.5 Å². The fourth-order valence-electron chi connectivity index (χ4n) is 2.51. The lowest BCUT2D eigenvalue weighted by Crippen LogP contribution is -2.16. The van der Waals surface area contributed by atoms with Crippen LogP contribution in [-0.2, 0) is 6.54 Å². The first-order valence-corrected chi connectivity index (χ1v) is 7.13. The first-order chi connectivity index (χ1) is 9.24.